The number of halogens is 1. The number of hydrogen-bond donors (Lipinski definition) is 0. The first-order chi connectivity index (χ1) is 11.8. The van der Waals surface area contributed by atoms with Crippen molar-refractivity contribution in [1.82, 2.24) is 15.0 Å². The van der Waals surface area contributed by atoms with Gasteiger partial charge < -0.3 is 4.74 Å². The summed E-state index contributed by atoms with van der Waals surface area (Å²) in [5.41, 5.74) is 5.10. The number of rotatable bonds is 3. The lowest BCUT2D eigenvalue weighted by Gasteiger charge is -2.15. The fourth-order valence-electron chi connectivity index (χ4n) is 2.77. The summed E-state index contributed by atoms with van der Waals surface area (Å²) < 4.78 is 5.43. The predicted octanol–water partition coefficient (Wildman–Crippen LogP) is 3.86. The smallest absolute Gasteiger partial charge is 0.178 e. The van der Waals surface area contributed by atoms with Crippen LogP contribution in [0.5, 0.6) is 0 Å². The standard InChI is InChI=1S/C19H16ClN3O/c20-15-6-4-13(5-7-15)10-16-2-1-3-18(22-16)19-21-11-14-12-24-9-8-17(14)23-19/h1-7,11H,8-10,12H2. The summed E-state index contributed by atoms with van der Waals surface area (Å²) in [6, 6.07) is 13.8. The highest BCUT2D eigenvalue weighted by Crippen LogP contribution is 2.19. The lowest BCUT2D eigenvalue weighted by atomic mass is 10.1. The molecule has 1 aliphatic rings. The van der Waals surface area contributed by atoms with Crippen molar-refractivity contribution in [2.75, 3.05) is 6.61 Å². The molecule has 3 heterocycles. The molecule has 24 heavy (non-hydrogen) atoms. The Hall–Kier alpha value is -2.30. The van der Waals surface area contributed by atoms with Crippen LogP contribution in [0.4, 0.5) is 0 Å². The van der Waals surface area contributed by atoms with Gasteiger partial charge in [-0.2, -0.15) is 0 Å². The summed E-state index contributed by atoms with van der Waals surface area (Å²) in [4.78, 5) is 13.8. The monoisotopic (exact) mass is 337 g/mol. The van der Waals surface area contributed by atoms with Gasteiger partial charge in [0.05, 0.1) is 18.9 Å². The van der Waals surface area contributed by atoms with Gasteiger partial charge in [0.25, 0.3) is 0 Å². The molecule has 0 fully saturated rings. The van der Waals surface area contributed by atoms with Crippen LogP contribution >= 0.6 is 11.6 Å². The fraction of sp³-hybridized carbons (Fsp3) is 0.211. The molecular formula is C19H16ClN3O. The van der Waals surface area contributed by atoms with Gasteiger partial charge in [-0.05, 0) is 29.8 Å². The normalized spacial score (nSPS) is 13.5. The lowest BCUT2D eigenvalue weighted by molar-refractivity contribution is 0.109. The van der Waals surface area contributed by atoms with Gasteiger partial charge in [0.2, 0.25) is 0 Å². The van der Waals surface area contributed by atoms with Crippen molar-refractivity contribution in [1.29, 1.82) is 0 Å². The van der Waals surface area contributed by atoms with E-state index in [2.05, 4.69) is 9.97 Å². The summed E-state index contributed by atoms with van der Waals surface area (Å²) in [5, 5.41) is 0.742. The molecule has 3 aromatic rings. The molecular weight excluding hydrogens is 322 g/mol. The van der Waals surface area contributed by atoms with Gasteiger partial charge in [0.1, 0.15) is 5.69 Å². The van der Waals surface area contributed by atoms with Gasteiger partial charge in [0, 0.05) is 35.3 Å². The molecule has 2 aromatic heterocycles. The van der Waals surface area contributed by atoms with Crippen molar-refractivity contribution < 1.29 is 4.74 Å². The number of benzene rings is 1. The second-order valence-electron chi connectivity index (χ2n) is 5.79. The van der Waals surface area contributed by atoms with Crippen LogP contribution in [-0.2, 0) is 24.2 Å². The lowest BCUT2D eigenvalue weighted by Crippen LogP contribution is -2.13. The highest BCUT2D eigenvalue weighted by Gasteiger charge is 2.14. The maximum atomic E-state index is 5.94. The zero-order valence-electron chi connectivity index (χ0n) is 13.1. The largest absolute Gasteiger partial charge is 0.376 e. The molecule has 0 aliphatic carbocycles. The molecule has 0 amide bonds. The molecule has 0 saturated heterocycles. The van der Waals surface area contributed by atoms with Gasteiger partial charge in [-0.25, -0.2) is 15.0 Å². The summed E-state index contributed by atoms with van der Waals surface area (Å²) >= 11 is 5.94. The topological polar surface area (TPSA) is 47.9 Å². The Balaban J connectivity index is 1.61. The molecule has 1 aromatic carbocycles. The van der Waals surface area contributed by atoms with Crippen molar-refractivity contribution in [3.05, 3.63) is 76.2 Å². The minimum absolute atomic E-state index is 0.597. The van der Waals surface area contributed by atoms with Crippen molar-refractivity contribution in [2.45, 2.75) is 19.4 Å². The zero-order chi connectivity index (χ0) is 16.4. The number of pyridine rings is 1. The van der Waals surface area contributed by atoms with E-state index in [0.717, 1.165) is 40.5 Å². The second-order valence-corrected chi connectivity index (χ2v) is 6.22. The van der Waals surface area contributed by atoms with Gasteiger partial charge in [-0.3, -0.25) is 0 Å². The number of hydrogen-bond acceptors (Lipinski definition) is 4. The number of fused-ring (bicyclic) bond motifs is 1. The molecule has 120 valence electrons. The van der Waals surface area contributed by atoms with E-state index < -0.39 is 0 Å². The van der Waals surface area contributed by atoms with Crippen molar-refractivity contribution in [3.8, 4) is 11.5 Å². The van der Waals surface area contributed by atoms with E-state index in [-0.39, 0.29) is 0 Å². The Morgan fingerprint density at radius 2 is 1.92 bits per heavy atom. The summed E-state index contributed by atoms with van der Waals surface area (Å²) in [6.07, 6.45) is 3.43. The highest BCUT2D eigenvalue weighted by atomic mass is 35.5. The Morgan fingerprint density at radius 1 is 1.04 bits per heavy atom. The molecule has 0 spiro atoms. The van der Waals surface area contributed by atoms with Gasteiger partial charge in [0.15, 0.2) is 5.82 Å². The van der Waals surface area contributed by atoms with Crippen molar-refractivity contribution in [3.63, 3.8) is 0 Å². The van der Waals surface area contributed by atoms with Crippen LogP contribution in [0.3, 0.4) is 0 Å². The third-order valence-electron chi connectivity index (χ3n) is 4.03. The summed E-state index contributed by atoms with van der Waals surface area (Å²) in [6.45, 7) is 1.31. The van der Waals surface area contributed by atoms with Crippen molar-refractivity contribution in [2.24, 2.45) is 0 Å². The van der Waals surface area contributed by atoms with E-state index in [1.165, 1.54) is 5.56 Å². The molecule has 0 bridgehead atoms. The fourth-order valence-corrected chi connectivity index (χ4v) is 2.89. The quantitative estimate of drug-likeness (QED) is 0.728. The molecule has 4 nitrogen and oxygen atoms in total. The van der Waals surface area contributed by atoms with Gasteiger partial charge >= 0.3 is 0 Å². The first kappa shape index (κ1) is 15.2. The Kier molecular flexibility index (Phi) is 4.24. The zero-order valence-corrected chi connectivity index (χ0v) is 13.8. The molecule has 0 radical (unpaired) electrons. The van der Waals surface area contributed by atoms with Crippen LogP contribution in [0, 0.1) is 0 Å². The minimum Gasteiger partial charge on any atom is -0.376 e. The van der Waals surface area contributed by atoms with E-state index in [1.54, 1.807) is 0 Å². The molecule has 1 aliphatic heterocycles. The van der Waals surface area contributed by atoms with E-state index in [0.29, 0.717) is 19.0 Å². The first-order valence-electron chi connectivity index (χ1n) is 7.91. The van der Waals surface area contributed by atoms with Crippen molar-refractivity contribution >= 4 is 11.6 Å². The predicted molar refractivity (Wildman–Crippen MR) is 92.9 cm³/mol. The highest BCUT2D eigenvalue weighted by molar-refractivity contribution is 6.30. The maximum absolute atomic E-state index is 5.94. The Bertz CT molecular complexity index is 865. The van der Waals surface area contributed by atoms with Crippen LogP contribution in [0.15, 0.2) is 48.7 Å². The summed E-state index contributed by atoms with van der Waals surface area (Å²) in [5.74, 6) is 0.675. The van der Waals surface area contributed by atoms with E-state index in [9.17, 15) is 0 Å². The number of aromatic nitrogens is 3. The average Bonchev–Trinajstić information content (AvgIpc) is 2.63. The van der Waals surface area contributed by atoms with E-state index >= 15 is 0 Å². The number of ether oxygens (including phenoxy) is 1. The molecule has 0 saturated carbocycles. The second kappa shape index (κ2) is 6.67. The molecule has 0 atom stereocenters. The SMILES string of the molecule is Clc1ccc(Cc2cccc(-c3ncc4c(n3)CCOC4)n2)cc1. The Morgan fingerprint density at radius 3 is 2.79 bits per heavy atom. The average molecular weight is 338 g/mol. The summed E-state index contributed by atoms with van der Waals surface area (Å²) in [7, 11) is 0. The minimum atomic E-state index is 0.597. The maximum Gasteiger partial charge on any atom is 0.178 e. The van der Waals surface area contributed by atoms with Gasteiger partial charge in [-0.1, -0.05) is 29.8 Å². The number of nitrogens with zero attached hydrogens (tertiary/aromatic N) is 3. The van der Waals surface area contributed by atoms with Crippen LogP contribution in [0.1, 0.15) is 22.5 Å². The van der Waals surface area contributed by atoms with E-state index in [4.69, 9.17) is 21.3 Å². The van der Waals surface area contributed by atoms with Crippen LogP contribution in [0.2, 0.25) is 5.02 Å². The third-order valence-corrected chi connectivity index (χ3v) is 4.28. The van der Waals surface area contributed by atoms with E-state index in [1.807, 2.05) is 48.7 Å². The van der Waals surface area contributed by atoms with Crippen LogP contribution in [0.25, 0.3) is 11.5 Å². The van der Waals surface area contributed by atoms with Crippen LogP contribution in [-0.4, -0.2) is 21.6 Å². The molecule has 0 unspecified atom stereocenters. The van der Waals surface area contributed by atoms with Crippen LogP contribution < -0.4 is 0 Å². The molecule has 5 heteroatoms. The molecule has 0 N–H and O–H groups in total. The van der Waals surface area contributed by atoms with Gasteiger partial charge in [-0.15, -0.1) is 0 Å². The Labute approximate surface area is 145 Å². The molecule has 4 rings (SSSR count). The first-order valence-corrected chi connectivity index (χ1v) is 8.29. The third kappa shape index (κ3) is 3.30.